The molecule has 0 heterocycles. The van der Waals surface area contributed by atoms with E-state index in [9.17, 15) is 4.39 Å². The van der Waals surface area contributed by atoms with Crippen molar-refractivity contribution in [1.29, 1.82) is 0 Å². The van der Waals surface area contributed by atoms with Gasteiger partial charge in [-0.3, -0.25) is 0 Å². The third-order valence-corrected chi connectivity index (χ3v) is 2.28. The van der Waals surface area contributed by atoms with Crippen molar-refractivity contribution in [2.75, 3.05) is 6.61 Å². The highest BCUT2D eigenvalue weighted by Gasteiger charge is 2.10. The van der Waals surface area contributed by atoms with E-state index in [1.807, 2.05) is 0 Å². The molecule has 0 aliphatic heterocycles. The number of aryl methyl sites for hydroxylation is 1. The van der Waals surface area contributed by atoms with Crippen LogP contribution in [0.4, 0.5) is 4.39 Å². The van der Waals surface area contributed by atoms with Crippen molar-refractivity contribution in [3.8, 4) is 5.75 Å². The van der Waals surface area contributed by atoms with Crippen LogP contribution in [0.2, 0.25) is 5.02 Å². The molecule has 0 unspecified atom stereocenters. The highest BCUT2D eigenvalue weighted by atomic mass is 35.5. The number of halogens is 2. The smallest absolute Gasteiger partial charge is 0.173 e. The van der Waals surface area contributed by atoms with Crippen LogP contribution in [-0.2, 0) is 0 Å². The Balaban J connectivity index is 2.79. The van der Waals surface area contributed by atoms with Crippen molar-refractivity contribution in [2.24, 2.45) is 0 Å². The molecule has 0 saturated carbocycles. The molecule has 0 fully saturated rings. The van der Waals surface area contributed by atoms with Crippen molar-refractivity contribution in [2.45, 2.75) is 26.7 Å². The first kappa shape index (κ1) is 11.3. The average molecular weight is 217 g/mol. The quantitative estimate of drug-likeness (QED) is 0.693. The molecule has 0 radical (unpaired) electrons. The average Bonchev–Trinajstić information content (AvgIpc) is 2.18. The van der Waals surface area contributed by atoms with E-state index in [0.717, 1.165) is 12.8 Å². The predicted molar refractivity (Wildman–Crippen MR) is 56.6 cm³/mol. The zero-order valence-corrected chi connectivity index (χ0v) is 9.20. The maximum absolute atomic E-state index is 13.5. The Bertz CT molecular complexity index is 312. The van der Waals surface area contributed by atoms with Gasteiger partial charge < -0.3 is 4.74 Å². The summed E-state index contributed by atoms with van der Waals surface area (Å²) >= 11 is 5.82. The third kappa shape index (κ3) is 2.61. The normalized spacial score (nSPS) is 10.3. The van der Waals surface area contributed by atoms with E-state index in [0.29, 0.717) is 17.2 Å². The Hall–Kier alpha value is -0.760. The highest BCUT2D eigenvalue weighted by Crippen LogP contribution is 2.29. The molecule has 0 spiro atoms. The SMILES string of the molecule is CCCCOc1c(Cl)ccc(C)c1F. The van der Waals surface area contributed by atoms with Gasteiger partial charge in [-0.15, -0.1) is 0 Å². The maximum atomic E-state index is 13.5. The number of hydrogen-bond acceptors (Lipinski definition) is 1. The van der Waals surface area contributed by atoms with Crippen LogP contribution in [0.5, 0.6) is 5.75 Å². The highest BCUT2D eigenvalue weighted by molar-refractivity contribution is 6.32. The lowest BCUT2D eigenvalue weighted by atomic mass is 10.2. The summed E-state index contributed by atoms with van der Waals surface area (Å²) in [5.74, 6) is -0.172. The van der Waals surface area contributed by atoms with Crippen molar-refractivity contribution >= 4 is 11.6 Å². The summed E-state index contributed by atoms with van der Waals surface area (Å²) in [6.45, 7) is 4.26. The minimum Gasteiger partial charge on any atom is -0.489 e. The van der Waals surface area contributed by atoms with Crippen LogP contribution in [-0.4, -0.2) is 6.61 Å². The van der Waals surface area contributed by atoms with Crippen LogP contribution < -0.4 is 4.74 Å². The zero-order valence-electron chi connectivity index (χ0n) is 8.44. The van der Waals surface area contributed by atoms with Gasteiger partial charge in [0.25, 0.3) is 0 Å². The van der Waals surface area contributed by atoms with Gasteiger partial charge in [-0.05, 0) is 25.0 Å². The first-order chi connectivity index (χ1) is 6.66. The molecule has 14 heavy (non-hydrogen) atoms. The summed E-state index contributed by atoms with van der Waals surface area (Å²) in [6, 6.07) is 3.30. The lowest BCUT2D eigenvalue weighted by Crippen LogP contribution is -2.00. The van der Waals surface area contributed by atoms with E-state index >= 15 is 0 Å². The van der Waals surface area contributed by atoms with E-state index in [2.05, 4.69) is 6.92 Å². The third-order valence-electron chi connectivity index (χ3n) is 1.99. The van der Waals surface area contributed by atoms with Gasteiger partial charge in [0.15, 0.2) is 11.6 Å². The van der Waals surface area contributed by atoms with E-state index in [4.69, 9.17) is 16.3 Å². The van der Waals surface area contributed by atoms with Crippen LogP contribution in [0.25, 0.3) is 0 Å². The van der Waals surface area contributed by atoms with Crippen LogP contribution in [0, 0.1) is 12.7 Å². The summed E-state index contributed by atoms with van der Waals surface area (Å²) in [6.07, 6.45) is 1.93. The molecular formula is C11H14ClFO. The first-order valence-corrected chi connectivity index (χ1v) is 5.12. The maximum Gasteiger partial charge on any atom is 0.173 e. The number of benzene rings is 1. The Labute approximate surface area is 88.8 Å². The molecular weight excluding hydrogens is 203 g/mol. The van der Waals surface area contributed by atoms with Gasteiger partial charge in [0.2, 0.25) is 0 Å². The Morgan fingerprint density at radius 1 is 1.43 bits per heavy atom. The molecule has 0 amide bonds. The lowest BCUT2D eigenvalue weighted by Gasteiger charge is -2.09. The molecule has 0 atom stereocenters. The van der Waals surface area contributed by atoms with E-state index < -0.39 is 0 Å². The second kappa shape index (κ2) is 5.20. The van der Waals surface area contributed by atoms with E-state index in [1.54, 1.807) is 19.1 Å². The van der Waals surface area contributed by atoms with Crippen LogP contribution in [0.1, 0.15) is 25.3 Å². The topological polar surface area (TPSA) is 9.23 Å². The van der Waals surface area contributed by atoms with Crippen LogP contribution in [0.3, 0.4) is 0 Å². The number of hydrogen-bond donors (Lipinski definition) is 0. The summed E-state index contributed by atoms with van der Waals surface area (Å²) in [4.78, 5) is 0. The molecule has 0 aliphatic rings. The second-order valence-corrected chi connectivity index (χ2v) is 3.62. The fourth-order valence-electron chi connectivity index (χ4n) is 1.08. The summed E-state index contributed by atoms with van der Waals surface area (Å²) < 4.78 is 18.8. The molecule has 0 N–H and O–H groups in total. The molecule has 78 valence electrons. The second-order valence-electron chi connectivity index (χ2n) is 3.21. The Morgan fingerprint density at radius 3 is 2.79 bits per heavy atom. The molecule has 0 aliphatic carbocycles. The molecule has 1 aromatic carbocycles. The molecule has 1 aromatic rings. The van der Waals surface area contributed by atoms with Crippen molar-refractivity contribution in [1.82, 2.24) is 0 Å². The number of unbranched alkanes of at least 4 members (excludes halogenated alkanes) is 1. The van der Waals surface area contributed by atoms with Crippen molar-refractivity contribution in [3.63, 3.8) is 0 Å². The van der Waals surface area contributed by atoms with Crippen molar-refractivity contribution < 1.29 is 9.13 Å². The van der Waals surface area contributed by atoms with Crippen LogP contribution in [0.15, 0.2) is 12.1 Å². The summed E-state index contributed by atoms with van der Waals surface area (Å²) in [5, 5.41) is 0.337. The van der Waals surface area contributed by atoms with E-state index in [-0.39, 0.29) is 11.6 Å². The minimum atomic E-state index is -0.353. The predicted octanol–water partition coefficient (Wildman–Crippen LogP) is 3.97. The van der Waals surface area contributed by atoms with Gasteiger partial charge in [-0.1, -0.05) is 31.0 Å². The summed E-state index contributed by atoms with van der Waals surface area (Å²) in [5.41, 5.74) is 0.556. The zero-order chi connectivity index (χ0) is 10.6. The standard InChI is InChI=1S/C11H14ClFO/c1-3-4-7-14-11-9(12)6-5-8(2)10(11)13/h5-6H,3-4,7H2,1-2H3. The fraction of sp³-hybridized carbons (Fsp3) is 0.455. The molecule has 3 heteroatoms. The first-order valence-electron chi connectivity index (χ1n) is 4.74. The monoisotopic (exact) mass is 216 g/mol. The molecule has 1 rings (SSSR count). The van der Waals surface area contributed by atoms with Crippen molar-refractivity contribution in [3.05, 3.63) is 28.5 Å². The number of ether oxygens (including phenoxy) is 1. The largest absolute Gasteiger partial charge is 0.489 e. The minimum absolute atomic E-state index is 0.181. The molecule has 0 bridgehead atoms. The fourth-order valence-corrected chi connectivity index (χ4v) is 1.28. The Kier molecular flexibility index (Phi) is 4.21. The van der Waals surface area contributed by atoms with Gasteiger partial charge in [0.05, 0.1) is 11.6 Å². The van der Waals surface area contributed by atoms with E-state index in [1.165, 1.54) is 0 Å². The van der Waals surface area contributed by atoms with Gasteiger partial charge in [-0.25, -0.2) is 4.39 Å². The Morgan fingerprint density at radius 2 is 2.14 bits per heavy atom. The van der Waals surface area contributed by atoms with Gasteiger partial charge >= 0.3 is 0 Å². The molecule has 1 nitrogen and oxygen atoms in total. The van der Waals surface area contributed by atoms with Gasteiger partial charge in [0, 0.05) is 0 Å². The van der Waals surface area contributed by atoms with Crippen LogP contribution >= 0.6 is 11.6 Å². The molecule has 0 saturated heterocycles. The molecule has 0 aromatic heterocycles. The van der Waals surface area contributed by atoms with Gasteiger partial charge in [-0.2, -0.15) is 0 Å². The lowest BCUT2D eigenvalue weighted by molar-refractivity contribution is 0.294. The summed E-state index contributed by atoms with van der Waals surface area (Å²) in [7, 11) is 0. The number of rotatable bonds is 4. The van der Waals surface area contributed by atoms with Gasteiger partial charge in [0.1, 0.15) is 0 Å².